The zero-order valence-corrected chi connectivity index (χ0v) is 11.7. The number of nitrogens with two attached hydrogens (primary N) is 1. The van der Waals surface area contributed by atoms with Crippen molar-refractivity contribution in [3.8, 4) is 0 Å². The number of benzene rings is 1. The minimum Gasteiger partial charge on any atom is -0.330 e. The summed E-state index contributed by atoms with van der Waals surface area (Å²) >= 11 is 3.14. The Labute approximate surface area is 115 Å². The lowest BCUT2D eigenvalue weighted by atomic mass is 9.89. The quantitative estimate of drug-likeness (QED) is 0.928. The second kappa shape index (κ2) is 5.93. The van der Waals surface area contributed by atoms with Crippen LogP contribution in [0.3, 0.4) is 0 Å². The number of rotatable bonds is 4. The van der Waals surface area contributed by atoms with E-state index in [4.69, 9.17) is 5.73 Å². The van der Waals surface area contributed by atoms with Crippen molar-refractivity contribution in [2.45, 2.75) is 25.7 Å². The summed E-state index contributed by atoms with van der Waals surface area (Å²) in [5.41, 5.74) is 6.55. The van der Waals surface area contributed by atoms with Crippen molar-refractivity contribution in [2.75, 3.05) is 6.54 Å². The van der Waals surface area contributed by atoms with Crippen LogP contribution in [0, 0.1) is 17.7 Å². The molecule has 1 aliphatic carbocycles. The van der Waals surface area contributed by atoms with Crippen LogP contribution < -0.4 is 5.73 Å². The lowest BCUT2D eigenvalue weighted by Crippen LogP contribution is -2.26. The molecule has 0 heterocycles. The Morgan fingerprint density at radius 2 is 2.22 bits per heavy atom. The Morgan fingerprint density at radius 3 is 2.89 bits per heavy atom. The molecule has 1 fully saturated rings. The highest BCUT2D eigenvalue weighted by Gasteiger charge is 2.31. The summed E-state index contributed by atoms with van der Waals surface area (Å²) in [7, 11) is 0. The standard InChI is InChI=1S/C14H17BrFNO/c15-12-6-9(4-5-13(12)16)7-14(18)11-3-1-2-10(11)8-17/h4-6,10-11H,1-3,7-8,17H2. The average Bonchev–Trinajstić information content (AvgIpc) is 2.82. The van der Waals surface area contributed by atoms with Gasteiger partial charge in [0.2, 0.25) is 0 Å². The van der Waals surface area contributed by atoms with Crippen LogP contribution in [0.15, 0.2) is 22.7 Å². The molecule has 2 unspecified atom stereocenters. The van der Waals surface area contributed by atoms with Crippen molar-refractivity contribution in [3.63, 3.8) is 0 Å². The van der Waals surface area contributed by atoms with Crippen LogP contribution in [0.1, 0.15) is 24.8 Å². The van der Waals surface area contributed by atoms with Crippen LogP contribution in [0.2, 0.25) is 0 Å². The summed E-state index contributed by atoms with van der Waals surface area (Å²) < 4.78 is 13.5. The number of carbonyl (C=O) groups is 1. The van der Waals surface area contributed by atoms with Gasteiger partial charge in [0.05, 0.1) is 4.47 Å². The van der Waals surface area contributed by atoms with Crippen LogP contribution in [0.5, 0.6) is 0 Å². The van der Waals surface area contributed by atoms with Crippen LogP contribution in [0.25, 0.3) is 0 Å². The summed E-state index contributed by atoms with van der Waals surface area (Å²) in [6.45, 7) is 0.587. The maximum Gasteiger partial charge on any atom is 0.140 e. The molecule has 1 aromatic carbocycles. The Bertz CT molecular complexity index is 449. The fourth-order valence-corrected chi connectivity index (χ4v) is 3.15. The van der Waals surface area contributed by atoms with E-state index in [1.165, 1.54) is 6.07 Å². The number of hydrogen-bond donors (Lipinski definition) is 1. The normalized spacial score (nSPS) is 23.3. The fraction of sp³-hybridized carbons (Fsp3) is 0.500. The van der Waals surface area contributed by atoms with Crippen LogP contribution in [-0.4, -0.2) is 12.3 Å². The van der Waals surface area contributed by atoms with Crippen LogP contribution in [-0.2, 0) is 11.2 Å². The van der Waals surface area contributed by atoms with Gasteiger partial charge in [-0.3, -0.25) is 4.79 Å². The van der Waals surface area contributed by atoms with E-state index in [0.29, 0.717) is 23.4 Å². The molecule has 0 spiro atoms. The molecule has 18 heavy (non-hydrogen) atoms. The first-order chi connectivity index (χ1) is 8.61. The summed E-state index contributed by atoms with van der Waals surface area (Å²) in [6.07, 6.45) is 3.47. The molecule has 4 heteroatoms. The number of hydrogen-bond acceptors (Lipinski definition) is 2. The number of carbonyl (C=O) groups excluding carboxylic acids is 1. The third kappa shape index (κ3) is 2.98. The van der Waals surface area contributed by atoms with E-state index in [0.717, 1.165) is 24.8 Å². The van der Waals surface area contributed by atoms with Crippen molar-refractivity contribution in [2.24, 2.45) is 17.6 Å². The molecule has 0 saturated heterocycles. The third-order valence-electron chi connectivity index (χ3n) is 3.74. The molecule has 2 rings (SSSR count). The van der Waals surface area contributed by atoms with Gasteiger partial charge in [0, 0.05) is 12.3 Å². The van der Waals surface area contributed by atoms with Gasteiger partial charge in [-0.1, -0.05) is 12.5 Å². The van der Waals surface area contributed by atoms with E-state index >= 15 is 0 Å². The molecule has 1 saturated carbocycles. The monoisotopic (exact) mass is 313 g/mol. The Morgan fingerprint density at radius 1 is 1.44 bits per heavy atom. The fourth-order valence-electron chi connectivity index (χ4n) is 2.72. The van der Waals surface area contributed by atoms with E-state index in [-0.39, 0.29) is 17.5 Å². The molecule has 2 atom stereocenters. The molecular weight excluding hydrogens is 297 g/mol. The maximum atomic E-state index is 13.1. The van der Waals surface area contributed by atoms with Gasteiger partial charge in [0.1, 0.15) is 11.6 Å². The molecule has 0 aromatic heterocycles. The second-order valence-corrected chi connectivity index (χ2v) is 5.78. The first-order valence-electron chi connectivity index (χ1n) is 6.28. The van der Waals surface area contributed by atoms with Gasteiger partial charge >= 0.3 is 0 Å². The Kier molecular flexibility index (Phi) is 4.51. The molecule has 2 N–H and O–H groups in total. The van der Waals surface area contributed by atoms with E-state index in [1.807, 2.05) is 0 Å². The molecular formula is C14H17BrFNO. The SMILES string of the molecule is NCC1CCCC1C(=O)Cc1ccc(F)c(Br)c1. The van der Waals surface area contributed by atoms with Gasteiger partial charge in [-0.2, -0.15) is 0 Å². The first kappa shape index (κ1) is 13.7. The highest BCUT2D eigenvalue weighted by molar-refractivity contribution is 9.10. The smallest absolute Gasteiger partial charge is 0.140 e. The van der Waals surface area contributed by atoms with Crippen LogP contribution in [0.4, 0.5) is 4.39 Å². The van der Waals surface area contributed by atoms with Gasteiger partial charge in [0.25, 0.3) is 0 Å². The number of ketones is 1. The lowest BCUT2D eigenvalue weighted by molar-refractivity contribution is -0.123. The highest BCUT2D eigenvalue weighted by Crippen LogP contribution is 2.32. The summed E-state index contributed by atoms with van der Waals surface area (Å²) in [5, 5.41) is 0. The molecule has 0 bridgehead atoms. The van der Waals surface area contributed by atoms with Crippen molar-refractivity contribution < 1.29 is 9.18 Å². The summed E-state index contributed by atoms with van der Waals surface area (Å²) in [4.78, 5) is 12.2. The van der Waals surface area contributed by atoms with Crippen molar-refractivity contribution >= 4 is 21.7 Å². The van der Waals surface area contributed by atoms with E-state index in [2.05, 4.69) is 15.9 Å². The third-order valence-corrected chi connectivity index (χ3v) is 4.35. The van der Waals surface area contributed by atoms with E-state index < -0.39 is 0 Å². The predicted octanol–water partition coefficient (Wildman–Crippen LogP) is 3.07. The predicted molar refractivity (Wildman–Crippen MR) is 72.7 cm³/mol. The number of Topliss-reactive ketones (excluding diaryl/α,β-unsaturated/α-hetero) is 1. The molecule has 1 aromatic rings. The van der Waals surface area contributed by atoms with E-state index in [1.54, 1.807) is 12.1 Å². The minimum atomic E-state index is -0.299. The van der Waals surface area contributed by atoms with Crippen LogP contribution >= 0.6 is 15.9 Å². The molecule has 1 aliphatic rings. The molecule has 98 valence electrons. The lowest BCUT2D eigenvalue weighted by Gasteiger charge is -2.16. The molecule has 0 aliphatic heterocycles. The first-order valence-corrected chi connectivity index (χ1v) is 7.08. The van der Waals surface area contributed by atoms with Crippen molar-refractivity contribution in [1.29, 1.82) is 0 Å². The molecule has 0 amide bonds. The van der Waals surface area contributed by atoms with Gasteiger partial charge in [-0.25, -0.2) is 4.39 Å². The van der Waals surface area contributed by atoms with E-state index in [9.17, 15) is 9.18 Å². The topological polar surface area (TPSA) is 43.1 Å². The minimum absolute atomic E-state index is 0.0961. The highest BCUT2D eigenvalue weighted by atomic mass is 79.9. The summed E-state index contributed by atoms with van der Waals surface area (Å²) in [5.74, 6) is 0.369. The van der Waals surface area contributed by atoms with Gasteiger partial charge < -0.3 is 5.73 Å². The molecule has 2 nitrogen and oxygen atoms in total. The zero-order valence-electron chi connectivity index (χ0n) is 10.2. The Balaban J connectivity index is 2.04. The second-order valence-electron chi connectivity index (χ2n) is 4.92. The Hall–Kier alpha value is -0.740. The van der Waals surface area contributed by atoms with Crippen molar-refractivity contribution in [3.05, 3.63) is 34.1 Å². The van der Waals surface area contributed by atoms with Gasteiger partial charge in [0.15, 0.2) is 0 Å². The average molecular weight is 314 g/mol. The largest absolute Gasteiger partial charge is 0.330 e. The van der Waals surface area contributed by atoms with Gasteiger partial charge in [-0.15, -0.1) is 0 Å². The van der Waals surface area contributed by atoms with Crippen molar-refractivity contribution in [1.82, 2.24) is 0 Å². The molecule has 0 radical (unpaired) electrons. The number of halogens is 2. The summed E-state index contributed by atoms with van der Waals surface area (Å²) in [6, 6.07) is 4.74. The maximum absolute atomic E-state index is 13.1. The van der Waals surface area contributed by atoms with Gasteiger partial charge in [-0.05, 0) is 58.9 Å². The zero-order chi connectivity index (χ0) is 13.1.